The first-order valence-electron chi connectivity index (χ1n) is 12.2. The molecular weight excluding hydrogens is 380 g/mol. The predicted octanol–water partition coefficient (Wildman–Crippen LogP) is 1.33. The smallest absolute Gasteiger partial charge is 0.245 e. The van der Waals surface area contributed by atoms with E-state index in [0.717, 1.165) is 64.4 Å². The van der Waals surface area contributed by atoms with Gasteiger partial charge in [0, 0.05) is 64.9 Å². The summed E-state index contributed by atoms with van der Waals surface area (Å²) in [6, 6.07) is -0.0146. The molecule has 2 aliphatic heterocycles. The van der Waals surface area contributed by atoms with Gasteiger partial charge < -0.3 is 19.9 Å². The number of rotatable bonds is 8. The van der Waals surface area contributed by atoms with Crippen LogP contribution in [0.5, 0.6) is 0 Å². The Hall–Kier alpha value is -1.18. The van der Waals surface area contributed by atoms with Crippen LogP contribution in [-0.2, 0) is 14.3 Å². The molecular formula is C23H40N4O3. The summed E-state index contributed by atoms with van der Waals surface area (Å²) in [5.41, 5.74) is 0. The quantitative estimate of drug-likeness (QED) is 0.642. The Morgan fingerprint density at radius 3 is 2.43 bits per heavy atom. The lowest BCUT2D eigenvalue weighted by Gasteiger charge is -2.33. The maximum Gasteiger partial charge on any atom is 0.245 e. The minimum atomic E-state index is -0.280. The van der Waals surface area contributed by atoms with Crippen LogP contribution in [0.25, 0.3) is 0 Å². The van der Waals surface area contributed by atoms with Crippen LogP contribution in [0.4, 0.5) is 0 Å². The number of methoxy groups -OCH3 is 1. The third-order valence-electron chi connectivity index (χ3n) is 7.52. The largest absolute Gasteiger partial charge is 0.383 e. The lowest BCUT2D eigenvalue weighted by molar-refractivity contribution is -0.144. The van der Waals surface area contributed by atoms with Crippen molar-refractivity contribution in [1.29, 1.82) is 0 Å². The topological polar surface area (TPSA) is 65.1 Å². The molecule has 2 aliphatic carbocycles. The van der Waals surface area contributed by atoms with Crippen molar-refractivity contribution < 1.29 is 14.3 Å². The molecule has 2 atom stereocenters. The van der Waals surface area contributed by atoms with E-state index in [1.54, 1.807) is 7.11 Å². The molecule has 0 aromatic rings. The van der Waals surface area contributed by atoms with Crippen LogP contribution in [0.3, 0.4) is 0 Å². The average molecular weight is 421 g/mol. The van der Waals surface area contributed by atoms with Crippen LogP contribution in [0.15, 0.2) is 0 Å². The van der Waals surface area contributed by atoms with Gasteiger partial charge in [-0.1, -0.05) is 19.3 Å². The number of nitrogens with one attached hydrogen (secondary N) is 1. The monoisotopic (exact) mass is 420 g/mol. The summed E-state index contributed by atoms with van der Waals surface area (Å²) >= 11 is 0. The number of likely N-dealkylation sites (tertiary alicyclic amines) is 1. The third-order valence-corrected chi connectivity index (χ3v) is 7.52. The van der Waals surface area contributed by atoms with Gasteiger partial charge >= 0.3 is 0 Å². The fraction of sp³-hybridized carbons (Fsp3) is 0.913. The van der Waals surface area contributed by atoms with Crippen molar-refractivity contribution in [3.05, 3.63) is 0 Å². The number of carbonyl (C=O) groups is 2. The van der Waals surface area contributed by atoms with Gasteiger partial charge in [-0.2, -0.15) is 0 Å². The SMILES string of the molecule is COCCN(CC1CCCCC1)C1CC(C(=O)N2CCNCC2)N(C(=O)C2CC2)C1. The Morgan fingerprint density at radius 2 is 1.77 bits per heavy atom. The number of amides is 2. The van der Waals surface area contributed by atoms with E-state index in [2.05, 4.69) is 10.2 Å². The van der Waals surface area contributed by atoms with Crippen molar-refractivity contribution in [2.75, 3.05) is 59.5 Å². The van der Waals surface area contributed by atoms with Gasteiger partial charge in [0.25, 0.3) is 0 Å². The molecule has 1 N–H and O–H groups in total. The van der Waals surface area contributed by atoms with Gasteiger partial charge in [0.2, 0.25) is 11.8 Å². The maximum atomic E-state index is 13.4. The molecule has 170 valence electrons. The van der Waals surface area contributed by atoms with E-state index < -0.39 is 0 Å². The summed E-state index contributed by atoms with van der Waals surface area (Å²) in [6.45, 7) is 6.57. The fourth-order valence-electron chi connectivity index (χ4n) is 5.55. The van der Waals surface area contributed by atoms with Crippen LogP contribution < -0.4 is 5.32 Å². The van der Waals surface area contributed by atoms with Crippen molar-refractivity contribution in [3.8, 4) is 0 Å². The molecule has 2 amide bonds. The lowest BCUT2D eigenvalue weighted by atomic mass is 9.88. The number of hydrogen-bond acceptors (Lipinski definition) is 5. The number of hydrogen-bond donors (Lipinski definition) is 1. The van der Waals surface area contributed by atoms with E-state index in [1.165, 1.54) is 32.1 Å². The lowest BCUT2D eigenvalue weighted by Crippen LogP contribution is -2.53. The van der Waals surface area contributed by atoms with Crippen LogP contribution in [-0.4, -0.2) is 98.1 Å². The molecule has 7 heteroatoms. The number of nitrogens with zero attached hydrogens (tertiary/aromatic N) is 3. The Balaban J connectivity index is 1.46. The molecule has 4 fully saturated rings. The fourth-order valence-corrected chi connectivity index (χ4v) is 5.55. The molecule has 0 radical (unpaired) electrons. The summed E-state index contributed by atoms with van der Waals surface area (Å²) < 4.78 is 5.41. The van der Waals surface area contributed by atoms with Crippen LogP contribution >= 0.6 is 0 Å². The summed E-state index contributed by atoms with van der Waals surface area (Å²) in [7, 11) is 1.76. The maximum absolute atomic E-state index is 13.4. The Labute approximate surface area is 181 Å². The first-order valence-corrected chi connectivity index (χ1v) is 12.2. The summed E-state index contributed by atoms with van der Waals surface area (Å²) in [5.74, 6) is 1.28. The molecule has 7 nitrogen and oxygen atoms in total. The van der Waals surface area contributed by atoms with E-state index in [0.29, 0.717) is 13.2 Å². The molecule has 2 unspecified atom stereocenters. The number of carbonyl (C=O) groups excluding carboxylic acids is 2. The summed E-state index contributed by atoms with van der Waals surface area (Å²) in [4.78, 5) is 32.9. The zero-order valence-electron chi connectivity index (χ0n) is 18.7. The first-order chi connectivity index (χ1) is 14.7. The highest BCUT2D eigenvalue weighted by atomic mass is 16.5. The molecule has 0 bridgehead atoms. The molecule has 0 aromatic heterocycles. The van der Waals surface area contributed by atoms with E-state index in [4.69, 9.17) is 4.74 Å². The molecule has 4 aliphatic rings. The molecule has 2 saturated heterocycles. The summed E-state index contributed by atoms with van der Waals surface area (Å²) in [6.07, 6.45) is 9.41. The van der Waals surface area contributed by atoms with E-state index >= 15 is 0 Å². The second-order valence-corrected chi connectivity index (χ2v) is 9.74. The zero-order valence-corrected chi connectivity index (χ0v) is 18.7. The van der Waals surface area contributed by atoms with Gasteiger partial charge in [0.15, 0.2) is 0 Å². The first kappa shape index (κ1) is 22.0. The second-order valence-electron chi connectivity index (χ2n) is 9.74. The van der Waals surface area contributed by atoms with E-state index in [1.807, 2.05) is 9.80 Å². The van der Waals surface area contributed by atoms with Gasteiger partial charge in [-0.25, -0.2) is 0 Å². The van der Waals surface area contributed by atoms with Crippen LogP contribution in [0, 0.1) is 11.8 Å². The van der Waals surface area contributed by atoms with Crippen molar-refractivity contribution in [3.63, 3.8) is 0 Å². The highest BCUT2D eigenvalue weighted by molar-refractivity contribution is 5.90. The van der Waals surface area contributed by atoms with Crippen molar-refractivity contribution in [2.24, 2.45) is 11.8 Å². The van der Waals surface area contributed by atoms with Crippen LogP contribution in [0.2, 0.25) is 0 Å². The standard InChI is InChI=1S/C23H40N4O3/c1-30-14-13-26(16-18-5-3-2-4-6-18)20-15-21(23(29)25-11-9-24-10-12-25)27(17-20)22(28)19-7-8-19/h18-21,24H,2-17H2,1H3. The highest BCUT2D eigenvalue weighted by Gasteiger charge is 2.46. The number of piperazine rings is 1. The van der Waals surface area contributed by atoms with Crippen LogP contribution in [0.1, 0.15) is 51.4 Å². The molecule has 4 rings (SSSR count). The van der Waals surface area contributed by atoms with Crippen molar-refractivity contribution in [2.45, 2.75) is 63.5 Å². The van der Waals surface area contributed by atoms with Gasteiger partial charge in [0.1, 0.15) is 6.04 Å². The summed E-state index contributed by atoms with van der Waals surface area (Å²) in [5, 5.41) is 3.32. The van der Waals surface area contributed by atoms with E-state index in [-0.39, 0.29) is 29.8 Å². The highest BCUT2D eigenvalue weighted by Crippen LogP contribution is 2.35. The Kier molecular flexibility index (Phi) is 7.65. The third kappa shape index (κ3) is 5.35. The second kappa shape index (κ2) is 10.4. The zero-order chi connectivity index (χ0) is 20.9. The normalized spacial score (nSPS) is 28.3. The van der Waals surface area contributed by atoms with E-state index in [9.17, 15) is 9.59 Å². The predicted molar refractivity (Wildman–Crippen MR) is 116 cm³/mol. The molecule has 2 heterocycles. The molecule has 30 heavy (non-hydrogen) atoms. The Bertz CT molecular complexity index is 585. The average Bonchev–Trinajstić information content (AvgIpc) is 3.55. The van der Waals surface area contributed by atoms with Gasteiger partial charge in [0.05, 0.1) is 6.61 Å². The number of ether oxygens (including phenoxy) is 1. The van der Waals surface area contributed by atoms with Gasteiger partial charge in [-0.15, -0.1) is 0 Å². The van der Waals surface area contributed by atoms with Gasteiger partial charge in [-0.3, -0.25) is 14.5 Å². The van der Waals surface area contributed by atoms with Crippen molar-refractivity contribution >= 4 is 11.8 Å². The Morgan fingerprint density at radius 1 is 1.03 bits per heavy atom. The minimum Gasteiger partial charge on any atom is -0.383 e. The molecule has 0 aromatic carbocycles. The molecule has 2 saturated carbocycles. The van der Waals surface area contributed by atoms with Crippen molar-refractivity contribution in [1.82, 2.24) is 20.0 Å². The molecule has 0 spiro atoms. The minimum absolute atomic E-state index is 0.160. The van der Waals surface area contributed by atoms with Gasteiger partial charge in [-0.05, 0) is 38.0 Å².